The van der Waals surface area contributed by atoms with Gasteiger partial charge in [-0.15, -0.1) is 5.10 Å². The van der Waals surface area contributed by atoms with E-state index in [9.17, 15) is 4.79 Å². The van der Waals surface area contributed by atoms with Gasteiger partial charge in [0.15, 0.2) is 0 Å². The number of hydrogen-bond acceptors (Lipinski definition) is 6. The van der Waals surface area contributed by atoms with Gasteiger partial charge in [-0.25, -0.2) is 0 Å². The summed E-state index contributed by atoms with van der Waals surface area (Å²) in [5.41, 5.74) is 10.4. The number of rotatable bonds is 4. The normalized spacial score (nSPS) is 13.3. The van der Waals surface area contributed by atoms with Crippen molar-refractivity contribution in [3.05, 3.63) is 54.1 Å². The lowest BCUT2D eigenvalue weighted by Gasteiger charge is -2.13. The third-order valence-corrected chi connectivity index (χ3v) is 5.32. The first-order valence-corrected chi connectivity index (χ1v) is 10.8. The van der Waals surface area contributed by atoms with Crippen molar-refractivity contribution in [1.82, 2.24) is 9.59 Å². The second-order valence-electron chi connectivity index (χ2n) is 6.21. The quantitative estimate of drug-likeness (QED) is 0.556. The molecular weight excluding hydrogens is 382 g/mol. The molecule has 0 unspecified atom stereocenters. The zero-order chi connectivity index (χ0) is 21.4. The van der Waals surface area contributed by atoms with Crippen LogP contribution in [0.1, 0.15) is 46.1 Å². The van der Waals surface area contributed by atoms with Crippen molar-refractivity contribution in [2.75, 3.05) is 12.8 Å². The van der Waals surface area contributed by atoms with Gasteiger partial charge in [-0.05, 0) is 29.5 Å². The Labute approximate surface area is 177 Å². The topological polar surface area (TPSA) is 78.1 Å². The van der Waals surface area contributed by atoms with Gasteiger partial charge >= 0.3 is 5.97 Å². The third-order valence-electron chi connectivity index (χ3n) is 4.77. The smallest absolute Gasteiger partial charge is 0.316 e. The van der Waals surface area contributed by atoms with Crippen molar-refractivity contribution in [1.29, 1.82) is 0 Å². The molecule has 0 saturated heterocycles. The predicted molar refractivity (Wildman–Crippen MR) is 121 cm³/mol. The van der Waals surface area contributed by atoms with Gasteiger partial charge in [-0.2, -0.15) is 0 Å². The van der Waals surface area contributed by atoms with Gasteiger partial charge in [-0.1, -0.05) is 80.7 Å². The molecule has 2 aromatic carbocycles. The lowest BCUT2D eigenvalue weighted by Crippen LogP contribution is -2.21. The van der Waals surface area contributed by atoms with Crippen LogP contribution in [0.15, 0.2) is 48.5 Å². The van der Waals surface area contributed by atoms with Crippen molar-refractivity contribution in [3.8, 4) is 22.4 Å². The molecule has 1 aliphatic rings. The molecule has 29 heavy (non-hydrogen) atoms. The lowest BCUT2D eigenvalue weighted by molar-refractivity contribution is -0.143. The average molecular weight is 412 g/mol. The van der Waals surface area contributed by atoms with Crippen molar-refractivity contribution in [2.45, 2.75) is 46.0 Å². The van der Waals surface area contributed by atoms with Crippen LogP contribution >= 0.6 is 11.5 Å². The second kappa shape index (κ2) is 10.2. The first-order valence-electron chi connectivity index (χ1n) is 10.0. The van der Waals surface area contributed by atoms with Crippen LogP contribution in [-0.2, 0) is 14.9 Å². The second-order valence-corrected chi connectivity index (χ2v) is 7.00. The molecule has 1 heterocycles. The van der Waals surface area contributed by atoms with Crippen molar-refractivity contribution in [3.63, 3.8) is 0 Å². The van der Waals surface area contributed by atoms with Gasteiger partial charge in [0, 0.05) is 17.1 Å². The molecule has 4 rings (SSSR count). The number of hydrogen-bond donors (Lipinski definition) is 1. The molecule has 0 atom stereocenters. The van der Waals surface area contributed by atoms with Gasteiger partial charge in [0.25, 0.3) is 0 Å². The van der Waals surface area contributed by atoms with Crippen LogP contribution in [0.5, 0.6) is 0 Å². The molecule has 0 bridgehead atoms. The van der Waals surface area contributed by atoms with Crippen LogP contribution in [-0.4, -0.2) is 22.7 Å². The van der Waals surface area contributed by atoms with Crippen molar-refractivity contribution < 1.29 is 9.53 Å². The number of nitrogens with two attached hydrogens (primary N) is 1. The van der Waals surface area contributed by atoms with Crippen molar-refractivity contribution in [2.24, 2.45) is 0 Å². The fourth-order valence-corrected chi connectivity index (χ4v) is 3.59. The highest BCUT2D eigenvalue weighted by Crippen LogP contribution is 2.49. The van der Waals surface area contributed by atoms with E-state index in [4.69, 9.17) is 10.5 Å². The van der Waals surface area contributed by atoms with Crippen LogP contribution in [0.2, 0.25) is 0 Å². The largest absolute Gasteiger partial charge is 0.468 e. The highest BCUT2D eigenvalue weighted by atomic mass is 32.1. The summed E-state index contributed by atoms with van der Waals surface area (Å²) in [6, 6.07) is 16.2. The van der Waals surface area contributed by atoms with E-state index in [1.165, 1.54) is 18.6 Å². The fraction of sp³-hybridized carbons (Fsp3) is 0.348. The van der Waals surface area contributed by atoms with Gasteiger partial charge in [-0.3, -0.25) is 4.79 Å². The molecule has 6 heteroatoms. The molecule has 5 nitrogen and oxygen atoms in total. The maximum Gasteiger partial charge on any atom is 0.316 e. The molecule has 3 aromatic rings. The minimum Gasteiger partial charge on any atom is -0.468 e. The summed E-state index contributed by atoms with van der Waals surface area (Å²) in [7, 11) is 1.45. The SMILES string of the molecule is CC.CC.COC(=O)C1(c2ccc(-c3ccc(-c4nnsc4N)cc3)cc2)CC1. The Kier molecular flexibility index (Phi) is 7.91. The van der Waals surface area contributed by atoms with Crippen LogP contribution in [0.25, 0.3) is 22.4 Å². The summed E-state index contributed by atoms with van der Waals surface area (Å²) in [6.07, 6.45) is 1.72. The molecule has 0 aliphatic heterocycles. The third kappa shape index (κ3) is 4.65. The van der Waals surface area contributed by atoms with Crippen LogP contribution in [0.4, 0.5) is 5.00 Å². The number of methoxy groups -OCH3 is 1. The number of esters is 1. The number of carbonyl (C=O) groups excluding carboxylic acids is 1. The molecule has 1 saturated carbocycles. The number of nitrogen functional groups attached to an aromatic ring is 1. The Morgan fingerprint density at radius 3 is 1.83 bits per heavy atom. The monoisotopic (exact) mass is 411 g/mol. The highest BCUT2D eigenvalue weighted by molar-refractivity contribution is 7.10. The maximum absolute atomic E-state index is 12.0. The Morgan fingerprint density at radius 2 is 1.41 bits per heavy atom. The number of benzene rings is 2. The molecule has 0 radical (unpaired) electrons. The average Bonchev–Trinajstić information content (AvgIpc) is 3.51. The zero-order valence-electron chi connectivity index (χ0n) is 17.7. The fourth-order valence-electron chi connectivity index (χ4n) is 3.13. The van der Waals surface area contributed by atoms with E-state index in [0.717, 1.165) is 40.8 Å². The van der Waals surface area contributed by atoms with Crippen molar-refractivity contribution >= 4 is 22.5 Å². The Morgan fingerprint density at radius 1 is 0.931 bits per heavy atom. The minimum absolute atomic E-state index is 0.140. The molecule has 1 aliphatic carbocycles. The molecule has 0 amide bonds. The van der Waals surface area contributed by atoms with Crippen LogP contribution in [0.3, 0.4) is 0 Å². The van der Waals surface area contributed by atoms with E-state index in [2.05, 4.69) is 9.59 Å². The van der Waals surface area contributed by atoms with Gasteiger partial charge in [0.1, 0.15) is 10.7 Å². The number of nitrogens with zero attached hydrogens (tertiary/aromatic N) is 2. The number of ether oxygens (including phenoxy) is 1. The highest BCUT2D eigenvalue weighted by Gasteiger charge is 2.52. The summed E-state index contributed by atoms with van der Waals surface area (Å²) >= 11 is 1.19. The van der Waals surface area contributed by atoms with E-state index in [0.29, 0.717) is 5.00 Å². The summed E-state index contributed by atoms with van der Waals surface area (Å²) in [5.74, 6) is -0.140. The Hall–Kier alpha value is -2.73. The van der Waals surface area contributed by atoms with E-state index >= 15 is 0 Å². The van der Waals surface area contributed by atoms with E-state index in [-0.39, 0.29) is 5.97 Å². The standard InChI is InChI=1S/C19H17N3O2S.2C2H6/c1-24-18(23)19(10-11-19)15-8-6-13(7-9-15)12-2-4-14(5-3-12)16-17(20)25-22-21-16;2*1-2/h2-9H,10-11,20H2,1H3;2*1-2H3. The Balaban J connectivity index is 0.000000707. The molecule has 1 aromatic heterocycles. The number of carbonyl (C=O) groups is 1. The summed E-state index contributed by atoms with van der Waals surface area (Å²) in [4.78, 5) is 12.0. The zero-order valence-corrected chi connectivity index (χ0v) is 18.5. The maximum atomic E-state index is 12.0. The lowest BCUT2D eigenvalue weighted by atomic mass is 9.93. The number of anilines is 1. The predicted octanol–water partition coefficient (Wildman–Crippen LogP) is 5.71. The number of aromatic nitrogens is 2. The van der Waals surface area contributed by atoms with E-state index in [1.807, 2.05) is 76.2 Å². The first-order chi connectivity index (χ1) is 14.1. The molecule has 2 N–H and O–H groups in total. The van der Waals surface area contributed by atoms with E-state index in [1.54, 1.807) is 0 Å². The van der Waals surface area contributed by atoms with Crippen LogP contribution in [0, 0.1) is 0 Å². The summed E-state index contributed by atoms with van der Waals surface area (Å²) in [6.45, 7) is 8.00. The molecule has 1 fully saturated rings. The Bertz CT molecular complexity index is 914. The summed E-state index contributed by atoms with van der Waals surface area (Å²) in [5, 5.41) is 4.68. The van der Waals surface area contributed by atoms with E-state index < -0.39 is 5.41 Å². The minimum atomic E-state index is -0.424. The van der Waals surface area contributed by atoms with Gasteiger partial charge in [0.2, 0.25) is 0 Å². The first kappa shape index (κ1) is 22.6. The summed E-state index contributed by atoms with van der Waals surface area (Å²) < 4.78 is 8.81. The molecular formula is C23H29N3O2S. The van der Waals surface area contributed by atoms with Gasteiger partial charge in [0.05, 0.1) is 12.5 Å². The molecule has 154 valence electrons. The van der Waals surface area contributed by atoms with Gasteiger partial charge < -0.3 is 10.5 Å². The molecule has 0 spiro atoms. The van der Waals surface area contributed by atoms with Crippen LogP contribution < -0.4 is 5.73 Å².